The van der Waals surface area contributed by atoms with Crippen molar-refractivity contribution in [2.24, 2.45) is 16.7 Å². The number of ether oxygens (including phenoxy) is 3. The maximum atomic E-state index is 11.8. The van der Waals surface area contributed by atoms with E-state index in [0.717, 1.165) is 12.8 Å². The van der Waals surface area contributed by atoms with Gasteiger partial charge in [-0.25, -0.2) is 4.79 Å². The first kappa shape index (κ1) is 18.5. The standard InChI is InChI=1S/C18H28O7/c1-10(19)24-11-12-15(2,3)7-6-8-16(12,4)18(9-23-14(21)25-18)17(5,22)13(11)20/h11-13,20,22H,6-9H2,1-5H3/t11-,12-,13+,16-,17+,18-/m0/s1. The zero-order valence-corrected chi connectivity index (χ0v) is 15.5. The molecule has 3 aliphatic rings. The minimum absolute atomic E-state index is 0.133. The van der Waals surface area contributed by atoms with Gasteiger partial charge in [0.15, 0.2) is 5.60 Å². The first-order chi connectivity index (χ1) is 11.4. The third-order valence-electron chi connectivity index (χ3n) is 6.95. The fourth-order valence-electron chi connectivity index (χ4n) is 5.88. The molecule has 1 heterocycles. The van der Waals surface area contributed by atoms with E-state index >= 15 is 0 Å². The Morgan fingerprint density at radius 2 is 1.88 bits per heavy atom. The molecule has 1 spiro atoms. The second kappa shape index (κ2) is 5.33. The van der Waals surface area contributed by atoms with Gasteiger partial charge in [0.05, 0.1) is 0 Å². The van der Waals surface area contributed by atoms with E-state index in [4.69, 9.17) is 14.2 Å². The van der Waals surface area contributed by atoms with Crippen molar-refractivity contribution in [1.29, 1.82) is 0 Å². The SMILES string of the molecule is CC(=O)O[C@@H]1[C@@H](O)[C@@](C)(O)[C@]2(COC(=O)O2)[C@@]2(C)CCCC(C)(C)[C@H]12. The maximum Gasteiger partial charge on any atom is 0.509 e. The van der Waals surface area contributed by atoms with E-state index in [1.165, 1.54) is 13.8 Å². The number of carbonyl (C=O) groups is 2. The van der Waals surface area contributed by atoms with Gasteiger partial charge in [-0.05, 0) is 25.2 Å². The Hall–Kier alpha value is -1.34. The van der Waals surface area contributed by atoms with Crippen LogP contribution in [-0.4, -0.2) is 52.4 Å². The van der Waals surface area contributed by atoms with Crippen molar-refractivity contribution in [3.63, 3.8) is 0 Å². The number of fused-ring (bicyclic) bond motifs is 2. The fraction of sp³-hybridized carbons (Fsp3) is 0.889. The van der Waals surface area contributed by atoms with E-state index in [2.05, 4.69) is 13.8 Å². The molecule has 142 valence electrons. The summed E-state index contributed by atoms with van der Waals surface area (Å²) in [5.41, 5.74) is -4.22. The summed E-state index contributed by atoms with van der Waals surface area (Å²) in [5.74, 6) is -0.818. The molecule has 1 aliphatic heterocycles. The molecule has 0 aromatic rings. The average Bonchev–Trinajstić information content (AvgIpc) is 2.87. The van der Waals surface area contributed by atoms with Crippen molar-refractivity contribution >= 4 is 12.1 Å². The number of hydrogen-bond acceptors (Lipinski definition) is 7. The van der Waals surface area contributed by atoms with E-state index in [1.54, 1.807) is 0 Å². The third kappa shape index (κ3) is 2.24. The van der Waals surface area contributed by atoms with Crippen molar-refractivity contribution < 1.29 is 34.0 Å². The van der Waals surface area contributed by atoms with Crippen LogP contribution in [0.5, 0.6) is 0 Å². The second-order valence-electron chi connectivity index (χ2n) is 8.87. The molecular formula is C18H28O7. The van der Waals surface area contributed by atoms with Crippen LogP contribution in [0.25, 0.3) is 0 Å². The van der Waals surface area contributed by atoms with Gasteiger partial charge in [0.1, 0.15) is 24.4 Å². The Kier molecular flexibility index (Phi) is 3.93. The van der Waals surface area contributed by atoms with Crippen molar-refractivity contribution in [2.75, 3.05) is 6.61 Å². The van der Waals surface area contributed by atoms with E-state index in [1.807, 2.05) is 6.92 Å². The third-order valence-corrected chi connectivity index (χ3v) is 6.95. The van der Waals surface area contributed by atoms with E-state index in [0.29, 0.717) is 6.42 Å². The normalized spacial score (nSPS) is 48.4. The zero-order chi connectivity index (χ0) is 18.8. The van der Waals surface area contributed by atoms with Gasteiger partial charge in [0.2, 0.25) is 0 Å². The van der Waals surface area contributed by atoms with E-state index in [-0.39, 0.29) is 17.9 Å². The predicted octanol–water partition coefficient (Wildman–Crippen LogP) is 1.78. The number of rotatable bonds is 1. The second-order valence-corrected chi connectivity index (χ2v) is 8.87. The van der Waals surface area contributed by atoms with Crippen LogP contribution in [0.3, 0.4) is 0 Å². The Balaban J connectivity index is 2.21. The van der Waals surface area contributed by atoms with E-state index in [9.17, 15) is 19.8 Å². The van der Waals surface area contributed by atoms with Gasteiger partial charge in [0, 0.05) is 18.3 Å². The molecule has 7 nitrogen and oxygen atoms in total. The van der Waals surface area contributed by atoms with Gasteiger partial charge in [-0.1, -0.05) is 27.2 Å². The van der Waals surface area contributed by atoms with Gasteiger partial charge < -0.3 is 24.4 Å². The lowest BCUT2D eigenvalue weighted by Gasteiger charge is -2.66. The van der Waals surface area contributed by atoms with Gasteiger partial charge in [-0.2, -0.15) is 0 Å². The Morgan fingerprint density at radius 3 is 2.40 bits per heavy atom. The molecule has 3 fully saturated rings. The molecule has 2 aliphatic carbocycles. The number of aliphatic hydroxyl groups excluding tert-OH is 1. The molecule has 3 rings (SSSR count). The lowest BCUT2D eigenvalue weighted by atomic mass is 9.42. The van der Waals surface area contributed by atoms with Gasteiger partial charge in [-0.15, -0.1) is 0 Å². The number of hydrogen-bond donors (Lipinski definition) is 2. The molecule has 2 N–H and O–H groups in total. The molecule has 1 saturated heterocycles. The van der Waals surface area contributed by atoms with Crippen LogP contribution >= 0.6 is 0 Å². The van der Waals surface area contributed by atoms with Gasteiger partial charge in [0.25, 0.3) is 0 Å². The molecular weight excluding hydrogens is 328 g/mol. The van der Waals surface area contributed by atoms with Crippen LogP contribution in [0, 0.1) is 16.7 Å². The van der Waals surface area contributed by atoms with Crippen LogP contribution in [0.4, 0.5) is 4.79 Å². The summed E-state index contributed by atoms with van der Waals surface area (Å²) in [4.78, 5) is 23.5. The van der Waals surface area contributed by atoms with E-state index < -0.39 is 40.9 Å². The smallest absolute Gasteiger partial charge is 0.459 e. The Labute approximate surface area is 147 Å². The summed E-state index contributed by atoms with van der Waals surface area (Å²) in [6.45, 7) is 8.65. The van der Waals surface area contributed by atoms with Crippen LogP contribution in [0.15, 0.2) is 0 Å². The number of esters is 1. The summed E-state index contributed by atoms with van der Waals surface area (Å²) in [7, 11) is 0. The Morgan fingerprint density at radius 1 is 1.24 bits per heavy atom. The summed E-state index contributed by atoms with van der Waals surface area (Å²) in [6.07, 6.45) is -0.720. The van der Waals surface area contributed by atoms with Crippen molar-refractivity contribution in [2.45, 2.75) is 77.3 Å². The highest BCUT2D eigenvalue weighted by Crippen LogP contribution is 2.66. The summed E-state index contributed by atoms with van der Waals surface area (Å²) >= 11 is 0. The lowest BCUT2D eigenvalue weighted by molar-refractivity contribution is -0.323. The quantitative estimate of drug-likeness (QED) is 0.690. The molecule has 25 heavy (non-hydrogen) atoms. The minimum atomic E-state index is -1.82. The van der Waals surface area contributed by atoms with Gasteiger partial charge in [-0.3, -0.25) is 4.79 Å². The molecule has 0 unspecified atom stereocenters. The molecule has 0 bridgehead atoms. The van der Waals surface area contributed by atoms with Crippen LogP contribution in [-0.2, 0) is 19.0 Å². The zero-order valence-electron chi connectivity index (χ0n) is 15.5. The molecule has 0 amide bonds. The minimum Gasteiger partial charge on any atom is -0.459 e. The largest absolute Gasteiger partial charge is 0.509 e. The van der Waals surface area contributed by atoms with Crippen molar-refractivity contribution in [3.8, 4) is 0 Å². The molecule has 0 aromatic carbocycles. The van der Waals surface area contributed by atoms with Gasteiger partial charge >= 0.3 is 12.1 Å². The highest BCUT2D eigenvalue weighted by atomic mass is 16.8. The average molecular weight is 356 g/mol. The summed E-state index contributed by atoms with van der Waals surface area (Å²) in [5, 5.41) is 22.2. The maximum absolute atomic E-state index is 11.8. The first-order valence-corrected chi connectivity index (χ1v) is 8.82. The molecule has 2 saturated carbocycles. The number of carbonyl (C=O) groups excluding carboxylic acids is 2. The molecule has 6 atom stereocenters. The first-order valence-electron chi connectivity index (χ1n) is 8.82. The summed E-state index contributed by atoms with van der Waals surface area (Å²) in [6, 6.07) is 0. The van der Waals surface area contributed by atoms with Crippen LogP contribution in [0.2, 0.25) is 0 Å². The molecule has 0 radical (unpaired) electrons. The topological polar surface area (TPSA) is 102 Å². The van der Waals surface area contributed by atoms with Crippen LogP contribution < -0.4 is 0 Å². The van der Waals surface area contributed by atoms with Crippen LogP contribution in [0.1, 0.15) is 53.9 Å². The van der Waals surface area contributed by atoms with Crippen molar-refractivity contribution in [1.82, 2.24) is 0 Å². The molecule has 0 aromatic heterocycles. The lowest BCUT2D eigenvalue weighted by Crippen LogP contribution is -2.80. The predicted molar refractivity (Wildman–Crippen MR) is 86.6 cm³/mol. The molecule has 7 heteroatoms. The number of aliphatic hydroxyl groups is 2. The highest BCUT2D eigenvalue weighted by Gasteiger charge is 2.78. The number of cyclic esters (lactones) is 1. The Bertz CT molecular complexity index is 598. The summed E-state index contributed by atoms with van der Waals surface area (Å²) < 4.78 is 16.2. The fourth-order valence-corrected chi connectivity index (χ4v) is 5.88. The monoisotopic (exact) mass is 356 g/mol. The highest BCUT2D eigenvalue weighted by molar-refractivity contribution is 5.66. The van der Waals surface area contributed by atoms with Crippen molar-refractivity contribution in [3.05, 3.63) is 0 Å².